The summed E-state index contributed by atoms with van der Waals surface area (Å²) in [5.41, 5.74) is 2.18. The number of aromatic nitrogens is 1. The quantitative estimate of drug-likeness (QED) is 0.772. The first-order valence-electron chi connectivity index (χ1n) is 5.13. The molecule has 0 bridgehead atoms. The predicted molar refractivity (Wildman–Crippen MR) is 57.6 cm³/mol. The highest BCUT2D eigenvalue weighted by Gasteiger charge is 2.33. The minimum Gasteiger partial charge on any atom is -0.361 e. The Morgan fingerprint density at radius 3 is 2.80 bits per heavy atom. The topological polar surface area (TPSA) is 34.2 Å². The van der Waals surface area contributed by atoms with Crippen LogP contribution in [0.15, 0.2) is 30.5 Å². The average Bonchev–Trinajstić information content (AvgIpc) is 2.85. The van der Waals surface area contributed by atoms with E-state index in [4.69, 9.17) is 9.47 Å². The molecule has 3 heteroatoms. The fourth-order valence-electron chi connectivity index (χ4n) is 2.01. The lowest BCUT2D eigenvalue weighted by Crippen LogP contribution is -2.22. The van der Waals surface area contributed by atoms with Gasteiger partial charge in [0, 0.05) is 17.3 Å². The van der Waals surface area contributed by atoms with Gasteiger partial charge in [0.1, 0.15) is 0 Å². The van der Waals surface area contributed by atoms with Crippen LogP contribution >= 0.6 is 0 Å². The van der Waals surface area contributed by atoms with Gasteiger partial charge in [0.2, 0.25) is 0 Å². The van der Waals surface area contributed by atoms with Crippen LogP contribution in [-0.2, 0) is 15.3 Å². The van der Waals surface area contributed by atoms with Crippen molar-refractivity contribution in [1.82, 2.24) is 4.98 Å². The number of hydrogen-bond donors (Lipinski definition) is 1. The molecule has 0 radical (unpaired) electrons. The molecule has 0 saturated carbocycles. The van der Waals surface area contributed by atoms with Crippen LogP contribution in [0.25, 0.3) is 10.9 Å². The number of H-pyrrole nitrogens is 1. The Balaban J connectivity index is 2.10. The van der Waals surface area contributed by atoms with E-state index in [0.29, 0.717) is 13.2 Å². The van der Waals surface area contributed by atoms with Crippen LogP contribution in [-0.4, -0.2) is 18.2 Å². The number of benzene rings is 1. The highest BCUT2D eigenvalue weighted by atomic mass is 16.7. The van der Waals surface area contributed by atoms with Gasteiger partial charge in [0.05, 0.1) is 13.2 Å². The van der Waals surface area contributed by atoms with E-state index in [0.717, 1.165) is 11.1 Å². The van der Waals surface area contributed by atoms with Crippen LogP contribution in [0.4, 0.5) is 0 Å². The van der Waals surface area contributed by atoms with Gasteiger partial charge < -0.3 is 14.5 Å². The maximum Gasteiger partial charge on any atom is 0.192 e. The van der Waals surface area contributed by atoms with Crippen molar-refractivity contribution in [3.8, 4) is 0 Å². The molecule has 1 aromatic heterocycles. The monoisotopic (exact) mass is 203 g/mol. The molecule has 1 fully saturated rings. The van der Waals surface area contributed by atoms with E-state index in [1.807, 2.05) is 13.1 Å². The molecule has 2 aromatic rings. The van der Waals surface area contributed by atoms with Gasteiger partial charge in [-0.2, -0.15) is 0 Å². The lowest BCUT2D eigenvalue weighted by Gasteiger charge is -2.22. The minimum atomic E-state index is -0.570. The molecule has 0 aliphatic carbocycles. The van der Waals surface area contributed by atoms with Crippen LogP contribution in [0, 0.1) is 0 Å². The highest BCUT2D eigenvalue weighted by Crippen LogP contribution is 2.32. The van der Waals surface area contributed by atoms with Crippen LogP contribution < -0.4 is 0 Å². The summed E-state index contributed by atoms with van der Waals surface area (Å²) < 4.78 is 11.2. The molecule has 1 aromatic carbocycles. The highest BCUT2D eigenvalue weighted by molar-refractivity contribution is 5.80. The van der Waals surface area contributed by atoms with Gasteiger partial charge in [-0.05, 0) is 24.4 Å². The van der Waals surface area contributed by atoms with Crippen molar-refractivity contribution >= 4 is 10.9 Å². The van der Waals surface area contributed by atoms with Crippen molar-refractivity contribution in [2.24, 2.45) is 0 Å². The zero-order valence-corrected chi connectivity index (χ0v) is 8.62. The Morgan fingerprint density at radius 2 is 2.00 bits per heavy atom. The SMILES string of the molecule is CC1(c2ccc3cc[nH]c3c2)OCCO1. The molecule has 1 aliphatic heterocycles. The molecule has 15 heavy (non-hydrogen) atoms. The molecule has 0 atom stereocenters. The number of rotatable bonds is 1. The van der Waals surface area contributed by atoms with E-state index in [2.05, 4.69) is 29.2 Å². The summed E-state index contributed by atoms with van der Waals surface area (Å²) in [6, 6.07) is 8.28. The Labute approximate surface area is 88.0 Å². The summed E-state index contributed by atoms with van der Waals surface area (Å²) in [7, 11) is 0. The number of nitrogens with one attached hydrogen (secondary N) is 1. The molecule has 0 spiro atoms. The molecular weight excluding hydrogens is 190 g/mol. The zero-order valence-electron chi connectivity index (χ0n) is 8.62. The number of aromatic amines is 1. The van der Waals surface area contributed by atoms with Crippen LogP contribution in [0.3, 0.4) is 0 Å². The largest absolute Gasteiger partial charge is 0.361 e. The van der Waals surface area contributed by atoms with Gasteiger partial charge in [-0.3, -0.25) is 0 Å². The Kier molecular flexibility index (Phi) is 1.84. The molecule has 0 unspecified atom stereocenters. The van der Waals surface area contributed by atoms with E-state index in [1.165, 1.54) is 5.39 Å². The van der Waals surface area contributed by atoms with Gasteiger partial charge in [-0.25, -0.2) is 0 Å². The van der Waals surface area contributed by atoms with Gasteiger partial charge in [0.25, 0.3) is 0 Å². The zero-order chi connectivity index (χ0) is 10.3. The second-order valence-corrected chi connectivity index (χ2v) is 3.92. The summed E-state index contributed by atoms with van der Waals surface area (Å²) in [6.07, 6.45) is 1.94. The molecule has 1 N–H and O–H groups in total. The molecule has 1 saturated heterocycles. The Morgan fingerprint density at radius 1 is 1.20 bits per heavy atom. The van der Waals surface area contributed by atoms with Crippen LogP contribution in [0.2, 0.25) is 0 Å². The maximum absolute atomic E-state index is 5.62. The molecular formula is C12H13NO2. The summed E-state index contributed by atoms with van der Waals surface area (Å²) in [5.74, 6) is -0.570. The van der Waals surface area contributed by atoms with Crippen molar-refractivity contribution in [1.29, 1.82) is 0 Å². The second kappa shape index (κ2) is 3.08. The first-order chi connectivity index (χ1) is 7.28. The second-order valence-electron chi connectivity index (χ2n) is 3.92. The van der Waals surface area contributed by atoms with Gasteiger partial charge >= 0.3 is 0 Å². The summed E-state index contributed by atoms with van der Waals surface area (Å²) in [6.45, 7) is 3.29. The molecule has 0 amide bonds. The molecule has 3 rings (SSSR count). The van der Waals surface area contributed by atoms with Crippen LogP contribution in [0.1, 0.15) is 12.5 Å². The third-order valence-electron chi connectivity index (χ3n) is 2.92. The number of fused-ring (bicyclic) bond motifs is 1. The standard InChI is InChI=1S/C12H13NO2/c1-12(14-6-7-15-12)10-3-2-9-4-5-13-11(9)8-10/h2-5,8,13H,6-7H2,1H3. The lowest BCUT2D eigenvalue weighted by atomic mass is 10.1. The van der Waals surface area contributed by atoms with E-state index in [1.54, 1.807) is 0 Å². The van der Waals surface area contributed by atoms with Crippen molar-refractivity contribution in [2.45, 2.75) is 12.7 Å². The minimum absolute atomic E-state index is 0.570. The Bertz CT molecular complexity index is 483. The molecule has 2 heterocycles. The number of ether oxygens (including phenoxy) is 2. The van der Waals surface area contributed by atoms with Crippen molar-refractivity contribution in [2.75, 3.05) is 13.2 Å². The van der Waals surface area contributed by atoms with Gasteiger partial charge in [0.15, 0.2) is 5.79 Å². The van der Waals surface area contributed by atoms with Crippen molar-refractivity contribution in [3.63, 3.8) is 0 Å². The first kappa shape index (κ1) is 8.95. The molecule has 1 aliphatic rings. The van der Waals surface area contributed by atoms with E-state index in [-0.39, 0.29) is 0 Å². The fourth-order valence-corrected chi connectivity index (χ4v) is 2.01. The van der Waals surface area contributed by atoms with Gasteiger partial charge in [-0.15, -0.1) is 0 Å². The summed E-state index contributed by atoms with van der Waals surface area (Å²) in [4.78, 5) is 3.19. The molecule has 3 nitrogen and oxygen atoms in total. The van der Waals surface area contributed by atoms with E-state index in [9.17, 15) is 0 Å². The van der Waals surface area contributed by atoms with Crippen molar-refractivity contribution < 1.29 is 9.47 Å². The first-order valence-corrected chi connectivity index (χ1v) is 5.13. The summed E-state index contributed by atoms with van der Waals surface area (Å²) >= 11 is 0. The molecule has 78 valence electrons. The van der Waals surface area contributed by atoms with Crippen molar-refractivity contribution in [3.05, 3.63) is 36.0 Å². The van der Waals surface area contributed by atoms with E-state index < -0.39 is 5.79 Å². The summed E-state index contributed by atoms with van der Waals surface area (Å²) in [5, 5.41) is 1.21. The maximum atomic E-state index is 5.62. The third-order valence-corrected chi connectivity index (χ3v) is 2.92. The number of hydrogen-bond acceptors (Lipinski definition) is 2. The fraction of sp³-hybridized carbons (Fsp3) is 0.333. The van der Waals surface area contributed by atoms with Crippen LogP contribution in [0.5, 0.6) is 0 Å². The third kappa shape index (κ3) is 1.35. The average molecular weight is 203 g/mol. The normalized spacial score (nSPS) is 19.8. The predicted octanol–water partition coefficient (Wildman–Crippen LogP) is 2.39. The van der Waals surface area contributed by atoms with Gasteiger partial charge in [-0.1, -0.05) is 12.1 Å². The smallest absolute Gasteiger partial charge is 0.192 e. The Hall–Kier alpha value is -1.32. The lowest BCUT2D eigenvalue weighted by molar-refractivity contribution is -0.149. The van der Waals surface area contributed by atoms with E-state index >= 15 is 0 Å².